The third-order valence-electron chi connectivity index (χ3n) is 4.81. The SMILES string of the molecule is COCCN1C(=O)C(=Cc2ccc(OC)c3ccccc23)SC1=Nc1ccccc1. The predicted octanol–water partition coefficient (Wildman–Crippen LogP) is 5.10. The molecule has 0 aromatic heterocycles. The van der Waals surface area contributed by atoms with Crippen LogP contribution in [0.3, 0.4) is 0 Å². The molecule has 6 heteroatoms. The molecule has 152 valence electrons. The molecule has 1 saturated heterocycles. The molecule has 0 atom stereocenters. The van der Waals surface area contributed by atoms with Crippen molar-refractivity contribution in [3.05, 3.63) is 77.2 Å². The zero-order chi connectivity index (χ0) is 20.9. The average molecular weight is 419 g/mol. The molecule has 1 aliphatic rings. The molecule has 4 rings (SSSR count). The van der Waals surface area contributed by atoms with Crippen molar-refractivity contribution in [2.75, 3.05) is 27.4 Å². The van der Waals surface area contributed by atoms with Crippen molar-refractivity contribution >= 4 is 45.4 Å². The molecule has 0 saturated carbocycles. The van der Waals surface area contributed by atoms with Crippen LogP contribution in [0.4, 0.5) is 5.69 Å². The van der Waals surface area contributed by atoms with Gasteiger partial charge in [0.15, 0.2) is 5.17 Å². The van der Waals surface area contributed by atoms with E-state index in [1.54, 1.807) is 19.1 Å². The number of carbonyl (C=O) groups excluding carboxylic acids is 1. The summed E-state index contributed by atoms with van der Waals surface area (Å²) in [6.07, 6.45) is 1.93. The molecule has 0 radical (unpaired) electrons. The number of amidine groups is 1. The van der Waals surface area contributed by atoms with Crippen LogP contribution in [0.5, 0.6) is 5.75 Å². The van der Waals surface area contributed by atoms with Crippen molar-refractivity contribution in [3.63, 3.8) is 0 Å². The molecule has 0 unspecified atom stereocenters. The summed E-state index contributed by atoms with van der Waals surface area (Å²) in [4.78, 5) is 20.2. The van der Waals surface area contributed by atoms with Gasteiger partial charge in [0.05, 0.1) is 30.9 Å². The van der Waals surface area contributed by atoms with Crippen LogP contribution < -0.4 is 4.74 Å². The minimum Gasteiger partial charge on any atom is -0.496 e. The van der Waals surface area contributed by atoms with Crippen molar-refractivity contribution in [1.82, 2.24) is 4.90 Å². The molecule has 3 aromatic carbocycles. The van der Waals surface area contributed by atoms with Gasteiger partial charge in [-0.3, -0.25) is 9.69 Å². The number of amides is 1. The summed E-state index contributed by atoms with van der Waals surface area (Å²) in [7, 11) is 3.29. The Morgan fingerprint density at radius 3 is 2.43 bits per heavy atom. The fourth-order valence-electron chi connectivity index (χ4n) is 3.32. The number of hydrogen-bond donors (Lipinski definition) is 0. The van der Waals surface area contributed by atoms with Crippen LogP contribution in [0.15, 0.2) is 76.6 Å². The van der Waals surface area contributed by atoms with Gasteiger partial charge in [-0.2, -0.15) is 0 Å². The van der Waals surface area contributed by atoms with Crippen molar-refractivity contribution < 1.29 is 14.3 Å². The van der Waals surface area contributed by atoms with Crippen molar-refractivity contribution in [1.29, 1.82) is 0 Å². The van der Waals surface area contributed by atoms with E-state index >= 15 is 0 Å². The highest BCUT2D eigenvalue weighted by atomic mass is 32.2. The highest BCUT2D eigenvalue weighted by molar-refractivity contribution is 8.18. The second-order valence-electron chi connectivity index (χ2n) is 6.69. The summed E-state index contributed by atoms with van der Waals surface area (Å²) < 4.78 is 10.7. The molecule has 1 aliphatic heterocycles. The molecule has 30 heavy (non-hydrogen) atoms. The van der Waals surface area contributed by atoms with Crippen LogP contribution in [0, 0.1) is 0 Å². The normalized spacial score (nSPS) is 16.7. The maximum absolute atomic E-state index is 13.2. The number of hydrogen-bond acceptors (Lipinski definition) is 5. The summed E-state index contributed by atoms with van der Waals surface area (Å²) in [6.45, 7) is 0.896. The molecule has 0 aliphatic carbocycles. The van der Waals surface area contributed by atoms with Crippen LogP contribution in [0.2, 0.25) is 0 Å². The molecule has 1 fully saturated rings. The van der Waals surface area contributed by atoms with Gasteiger partial charge in [-0.15, -0.1) is 0 Å². The maximum Gasteiger partial charge on any atom is 0.266 e. The topological polar surface area (TPSA) is 51.1 Å². The Bertz CT molecular complexity index is 1130. The van der Waals surface area contributed by atoms with Crippen molar-refractivity contribution in [2.45, 2.75) is 0 Å². The molecular weight excluding hydrogens is 396 g/mol. The van der Waals surface area contributed by atoms with E-state index in [1.807, 2.05) is 72.8 Å². The number of carbonyl (C=O) groups is 1. The first-order valence-corrected chi connectivity index (χ1v) is 10.4. The van der Waals surface area contributed by atoms with Gasteiger partial charge in [0.25, 0.3) is 5.91 Å². The fraction of sp³-hybridized carbons (Fsp3) is 0.167. The number of ether oxygens (including phenoxy) is 2. The number of rotatable bonds is 6. The minimum atomic E-state index is -0.0633. The van der Waals surface area contributed by atoms with Gasteiger partial charge in [0.2, 0.25) is 0 Å². The molecule has 5 nitrogen and oxygen atoms in total. The molecule has 0 N–H and O–H groups in total. The first-order valence-electron chi connectivity index (χ1n) is 9.61. The second-order valence-corrected chi connectivity index (χ2v) is 7.70. The van der Waals surface area contributed by atoms with E-state index in [0.717, 1.165) is 27.8 Å². The Morgan fingerprint density at radius 1 is 0.967 bits per heavy atom. The first-order chi connectivity index (χ1) is 14.7. The highest BCUT2D eigenvalue weighted by Crippen LogP contribution is 2.36. The largest absolute Gasteiger partial charge is 0.496 e. The van der Waals surface area contributed by atoms with Gasteiger partial charge in [-0.05, 0) is 47.0 Å². The van der Waals surface area contributed by atoms with E-state index in [4.69, 9.17) is 14.5 Å². The molecule has 0 spiro atoms. The van der Waals surface area contributed by atoms with Gasteiger partial charge in [0, 0.05) is 12.5 Å². The van der Waals surface area contributed by atoms with Crippen molar-refractivity contribution in [2.24, 2.45) is 4.99 Å². The van der Waals surface area contributed by atoms with Crippen LogP contribution in [-0.4, -0.2) is 43.3 Å². The summed E-state index contributed by atoms with van der Waals surface area (Å²) >= 11 is 1.39. The Labute approximate surface area is 180 Å². The maximum atomic E-state index is 13.2. The van der Waals surface area contributed by atoms with Crippen molar-refractivity contribution in [3.8, 4) is 5.75 Å². The number of benzene rings is 3. The lowest BCUT2D eigenvalue weighted by atomic mass is 10.0. The van der Waals surface area contributed by atoms with E-state index in [-0.39, 0.29) is 5.91 Å². The highest BCUT2D eigenvalue weighted by Gasteiger charge is 2.33. The molecule has 1 heterocycles. The smallest absolute Gasteiger partial charge is 0.266 e. The fourth-order valence-corrected chi connectivity index (χ4v) is 4.34. The number of fused-ring (bicyclic) bond motifs is 1. The van der Waals surface area contributed by atoms with Gasteiger partial charge in [-0.25, -0.2) is 4.99 Å². The predicted molar refractivity (Wildman–Crippen MR) is 123 cm³/mol. The zero-order valence-corrected chi connectivity index (χ0v) is 17.7. The van der Waals surface area contributed by atoms with E-state index < -0.39 is 0 Å². The third kappa shape index (κ3) is 4.10. The van der Waals surface area contributed by atoms with E-state index in [2.05, 4.69) is 0 Å². The second kappa shape index (κ2) is 9.15. The van der Waals surface area contributed by atoms with Gasteiger partial charge in [-0.1, -0.05) is 48.5 Å². The van der Waals surface area contributed by atoms with Gasteiger partial charge < -0.3 is 9.47 Å². The number of nitrogens with zero attached hydrogens (tertiary/aromatic N) is 2. The minimum absolute atomic E-state index is 0.0633. The van der Waals surface area contributed by atoms with Crippen LogP contribution in [0.1, 0.15) is 5.56 Å². The van der Waals surface area contributed by atoms with E-state index in [1.165, 1.54) is 11.8 Å². The lowest BCUT2D eigenvalue weighted by Crippen LogP contribution is -2.32. The van der Waals surface area contributed by atoms with Crippen LogP contribution >= 0.6 is 11.8 Å². The van der Waals surface area contributed by atoms with Crippen LogP contribution in [0.25, 0.3) is 16.8 Å². The standard InChI is InChI=1S/C24H22N2O3S/c1-28-15-14-26-23(27)22(30-24(26)25-18-8-4-3-5-9-18)16-17-12-13-21(29-2)20-11-7-6-10-19(17)20/h3-13,16H,14-15H2,1-2H3. The molecule has 1 amide bonds. The Morgan fingerprint density at radius 2 is 1.70 bits per heavy atom. The Hall–Kier alpha value is -3.09. The first kappa shape index (κ1) is 20.2. The molecule has 3 aromatic rings. The van der Waals surface area contributed by atoms with E-state index in [9.17, 15) is 4.79 Å². The number of methoxy groups -OCH3 is 2. The third-order valence-corrected chi connectivity index (χ3v) is 5.82. The summed E-state index contributed by atoms with van der Waals surface area (Å²) in [5.74, 6) is 0.748. The summed E-state index contributed by atoms with van der Waals surface area (Å²) in [6, 6.07) is 21.6. The summed E-state index contributed by atoms with van der Waals surface area (Å²) in [5.41, 5.74) is 1.78. The van der Waals surface area contributed by atoms with Crippen LogP contribution in [-0.2, 0) is 9.53 Å². The Kier molecular flexibility index (Phi) is 6.16. The molecular formula is C24H22N2O3S. The van der Waals surface area contributed by atoms with E-state index in [0.29, 0.717) is 23.2 Å². The van der Waals surface area contributed by atoms with Gasteiger partial charge in [0.1, 0.15) is 5.75 Å². The number of thioether (sulfide) groups is 1. The zero-order valence-electron chi connectivity index (χ0n) is 16.9. The lowest BCUT2D eigenvalue weighted by molar-refractivity contribution is -0.122. The Balaban J connectivity index is 1.74. The monoisotopic (exact) mass is 418 g/mol. The molecule has 0 bridgehead atoms. The van der Waals surface area contributed by atoms with Gasteiger partial charge >= 0.3 is 0 Å². The number of aliphatic imine (C=N–C) groups is 1. The lowest BCUT2D eigenvalue weighted by Gasteiger charge is -2.14. The quantitative estimate of drug-likeness (QED) is 0.523. The number of para-hydroxylation sites is 1. The summed E-state index contributed by atoms with van der Waals surface area (Å²) in [5, 5.41) is 2.71. The average Bonchev–Trinajstić information content (AvgIpc) is 3.07.